The average Bonchev–Trinajstić information content (AvgIpc) is 2.82. The fourth-order valence-corrected chi connectivity index (χ4v) is 1.90. The predicted octanol–water partition coefficient (Wildman–Crippen LogP) is 0.600. The van der Waals surface area contributed by atoms with E-state index in [0.717, 1.165) is 0 Å². The summed E-state index contributed by atoms with van der Waals surface area (Å²) in [6.07, 6.45) is 1.41. The van der Waals surface area contributed by atoms with Crippen molar-refractivity contribution >= 4 is 27.3 Å². The topological polar surface area (TPSA) is 89.8 Å². The molecule has 9 heteroatoms. The average molecular weight is 274 g/mol. The lowest BCUT2D eigenvalue weighted by atomic mass is 10.3. The number of aromatic nitrogens is 4. The van der Waals surface area contributed by atoms with Crippen LogP contribution in [0.4, 0.5) is 5.69 Å². The number of hydrogen-bond acceptors (Lipinski definition) is 5. The minimum Gasteiger partial charge on any atom is -0.282 e. The molecule has 0 unspecified atom stereocenters. The number of nitrogens with one attached hydrogen (secondary N) is 1. The van der Waals surface area contributed by atoms with Crippen molar-refractivity contribution in [2.75, 3.05) is 9.93 Å². The Kier molecular flexibility index (Phi) is 3.25. The van der Waals surface area contributed by atoms with E-state index in [-0.39, 0.29) is 0 Å². The summed E-state index contributed by atoms with van der Waals surface area (Å²) in [4.78, 5) is 0. The van der Waals surface area contributed by atoms with Crippen molar-refractivity contribution in [3.05, 3.63) is 30.6 Å². The summed E-state index contributed by atoms with van der Waals surface area (Å²) in [5.41, 5.74) is 1.04. The van der Waals surface area contributed by atoms with Gasteiger partial charge in [-0.1, -0.05) is 6.07 Å². The van der Waals surface area contributed by atoms with Crippen LogP contribution in [0.15, 0.2) is 30.6 Å². The summed E-state index contributed by atoms with van der Waals surface area (Å²) >= 11 is 5.29. The molecule has 0 saturated heterocycles. The van der Waals surface area contributed by atoms with E-state index in [4.69, 9.17) is 11.6 Å². The maximum absolute atomic E-state index is 11.3. The molecule has 0 amide bonds. The molecule has 0 fully saturated rings. The lowest BCUT2D eigenvalue weighted by Gasteiger charge is -2.06. The Morgan fingerprint density at radius 1 is 1.41 bits per heavy atom. The third kappa shape index (κ3) is 2.92. The first-order valence-electron chi connectivity index (χ1n) is 4.50. The molecule has 0 aliphatic carbocycles. The molecule has 1 N–H and O–H groups in total. The minimum absolute atomic E-state index is 0.402. The van der Waals surface area contributed by atoms with Crippen molar-refractivity contribution in [1.82, 2.24) is 20.2 Å². The second-order valence-electron chi connectivity index (χ2n) is 3.13. The summed E-state index contributed by atoms with van der Waals surface area (Å²) in [7, 11) is -3.50. The summed E-state index contributed by atoms with van der Waals surface area (Å²) in [6.45, 7) is 0. The number of anilines is 1. The molecule has 2 rings (SSSR count). The third-order valence-electron chi connectivity index (χ3n) is 1.88. The Bertz CT molecular complexity index is 598. The highest BCUT2D eigenvalue weighted by Gasteiger charge is 2.08. The Morgan fingerprint density at radius 3 is 2.88 bits per heavy atom. The van der Waals surface area contributed by atoms with Crippen LogP contribution in [0.3, 0.4) is 0 Å². The predicted molar refractivity (Wildman–Crippen MR) is 62.4 cm³/mol. The number of halogens is 1. The van der Waals surface area contributed by atoms with Crippen LogP contribution in [0, 0.1) is 0 Å². The molecule has 1 heterocycles. The van der Waals surface area contributed by atoms with Crippen molar-refractivity contribution in [3.8, 4) is 5.69 Å². The smallest absolute Gasteiger partial charge is 0.246 e. The van der Waals surface area contributed by atoms with Gasteiger partial charge in [0, 0.05) is 0 Å². The van der Waals surface area contributed by atoms with E-state index >= 15 is 0 Å². The maximum Gasteiger partial charge on any atom is 0.246 e. The second kappa shape index (κ2) is 4.68. The number of tetrazole rings is 1. The van der Waals surface area contributed by atoms with Gasteiger partial charge in [0.1, 0.15) is 11.5 Å². The van der Waals surface area contributed by atoms with E-state index in [1.165, 1.54) is 11.0 Å². The van der Waals surface area contributed by atoms with Crippen LogP contribution < -0.4 is 4.72 Å². The molecule has 2 aromatic rings. The van der Waals surface area contributed by atoms with Crippen molar-refractivity contribution in [2.24, 2.45) is 0 Å². The zero-order chi connectivity index (χ0) is 12.3. The van der Waals surface area contributed by atoms with Crippen LogP contribution in [0.2, 0.25) is 0 Å². The van der Waals surface area contributed by atoms with Crippen LogP contribution in [-0.2, 0) is 10.0 Å². The Morgan fingerprint density at radius 2 is 2.24 bits per heavy atom. The van der Waals surface area contributed by atoms with E-state index < -0.39 is 15.2 Å². The van der Waals surface area contributed by atoms with Gasteiger partial charge in [-0.2, -0.15) is 0 Å². The van der Waals surface area contributed by atoms with E-state index in [0.29, 0.717) is 11.4 Å². The Labute approximate surface area is 102 Å². The molecule has 0 radical (unpaired) electrons. The van der Waals surface area contributed by atoms with Crippen LogP contribution in [0.1, 0.15) is 0 Å². The van der Waals surface area contributed by atoms with Crippen LogP contribution in [0.25, 0.3) is 5.69 Å². The van der Waals surface area contributed by atoms with Crippen molar-refractivity contribution in [2.45, 2.75) is 0 Å². The molecule has 0 aliphatic rings. The first-order chi connectivity index (χ1) is 8.11. The number of nitrogens with zero attached hydrogens (tertiary/aromatic N) is 4. The maximum atomic E-state index is 11.3. The van der Waals surface area contributed by atoms with Gasteiger partial charge in [0.05, 0.1) is 11.4 Å². The molecule has 0 bridgehead atoms. The number of sulfonamides is 1. The number of benzene rings is 1. The Hall–Kier alpha value is -1.67. The molecule has 0 aliphatic heterocycles. The van der Waals surface area contributed by atoms with Gasteiger partial charge in [0.25, 0.3) is 0 Å². The lowest BCUT2D eigenvalue weighted by molar-refractivity contribution is 0.605. The van der Waals surface area contributed by atoms with Gasteiger partial charge >= 0.3 is 0 Å². The zero-order valence-corrected chi connectivity index (χ0v) is 10.1. The monoisotopic (exact) mass is 273 g/mol. The van der Waals surface area contributed by atoms with Gasteiger partial charge in [-0.3, -0.25) is 4.72 Å². The number of hydrogen-bond donors (Lipinski definition) is 1. The first kappa shape index (κ1) is 11.8. The van der Waals surface area contributed by atoms with Crippen molar-refractivity contribution in [3.63, 3.8) is 0 Å². The standard InChI is InChI=1S/C8H8ClN5O2S/c9-5-17(15,16)11-7-2-1-3-8(4-7)14-6-10-12-13-14/h1-4,6,11H,5H2. The van der Waals surface area contributed by atoms with Crippen LogP contribution in [0.5, 0.6) is 0 Å². The highest BCUT2D eigenvalue weighted by atomic mass is 35.5. The van der Waals surface area contributed by atoms with Gasteiger partial charge in [-0.15, -0.1) is 16.7 Å². The van der Waals surface area contributed by atoms with E-state index in [2.05, 4.69) is 20.2 Å². The van der Waals surface area contributed by atoms with Gasteiger partial charge in [-0.05, 0) is 28.6 Å². The molecular formula is C8H8ClN5O2S. The van der Waals surface area contributed by atoms with Crippen LogP contribution >= 0.6 is 11.6 Å². The van der Waals surface area contributed by atoms with Gasteiger partial charge < -0.3 is 0 Å². The summed E-state index contributed by atoms with van der Waals surface area (Å²) in [6, 6.07) is 6.64. The molecular weight excluding hydrogens is 266 g/mol. The number of rotatable bonds is 4. The van der Waals surface area contributed by atoms with Crippen LogP contribution in [-0.4, -0.2) is 33.8 Å². The third-order valence-corrected chi connectivity index (χ3v) is 3.57. The highest BCUT2D eigenvalue weighted by molar-refractivity contribution is 7.93. The van der Waals surface area contributed by atoms with Crippen molar-refractivity contribution < 1.29 is 8.42 Å². The minimum atomic E-state index is -3.50. The number of alkyl halides is 1. The highest BCUT2D eigenvalue weighted by Crippen LogP contribution is 2.14. The van der Waals surface area contributed by atoms with Crippen molar-refractivity contribution in [1.29, 1.82) is 0 Å². The van der Waals surface area contributed by atoms with E-state index in [9.17, 15) is 8.42 Å². The summed E-state index contributed by atoms with van der Waals surface area (Å²) in [5.74, 6) is 0. The second-order valence-corrected chi connectivity index (χ2v) is 5.44. The quantitative estimate of drug-likeness (QED) is 0.824. The Balaban J connectivity index is 2.30. The van der Waals surface area contributed by atoms with Gasteiger partial charge in [0.15, 0.2) is 0 Å². The molecule has 1 aromatic heterocycles. The fraction of sp³-hybridized carbons (Fsp3) is 0.125. The van der Waals surface area contributed by atoms with E-state index in [1.807, 2.05) is 0 Å². The molecule has 90 valence electrons. The largest absolute Gasteiger partial charge is 0.282 e. The summed E-state index contributed by atoms with van der Waals surface area (Å²) < 4.78 is 26.3. The van der Waals surface area contributed by atoms with Gasteiger partial charge in [0.2, 0.25) is 10.0 Å². The molecule has 17 heavy (non-hydrogen) atoms. The SMILES string of the molecule is O=S(=O)(CCl)Nc1cccc(-n2cnnn2)c1. The van der Waals surface area contributed by atoms with E-state index in [1.54, 1.807) is 24.3 Å². The zero-order valence-electron chi connectivity index (χ0n) is 8.49. The molecule has 0 saturated carbocycles. The molecule has 0 atom stereocenters. The molecule has 0 spiro atoms. The normalized spacial score (nSPS) is 11.4. The summed E-state index contributed by atoms with van der Waals surface area (Å²) in [5, 5.41) is 10.2. The molecule has 7 nitrogen and oxygen atoms in total. The first-order valence-corrected chi connectivity index (χ1v) is 6.69. The fourth-order valence-electron chi connectivity index (χ4n) is 1.20. The van der Waals surface area contributed by atoms with Gasteiger partial charge in [-0.25, -0.2) is 13.1 Å². The molecule has 1 aromatic carbocycles. The lowest BCUT2D eigenvalue weighted by Crippen LogP contribution is -2.13.